The van der Waals surface area contributed by atoms with E-state index in [1.807, 2.05) is 18.2 Å². The van der Waals surface area contributed by atoms with Crippen molar-refractivity contribution in [2.24, 2.45) is 0 Å². The second-order valence-electron chi connectivity index (χ2n) is 8.89. The van der Waals surface area contributed by atoms with Crippen LogP contribution in [0, 0.1) is 19.7 Å². The highest BCUT2D eigenvalue weighted by Gasteiger charge is 2.12. The van der Waals surface area contributed by atoms with Crippen LogP contribution < -0.4 is 10.1 Å². The fourth-order valence-electron chi connectivity index (χ4n) is 4.33. The zero-order valence-electron chi connectivity index (χ0n) is 20.4. The summed E-state index contributed by atoms with van der Waals surface area (Å²) in [7, 11) is 0. The maximum Gasteiger partial charge on any atom is 0.254 e. The van der Waals surface area contributed by atoms with Crippen LogP contribution in [0.15, 0.2) is 66.7 Å². The van der Waals surface area contributed by atoms with Gasteiger partial charge in [0.05, 0.1) is 23.2 Å². The summed E-state index contributed by atoms with van der Waals surface area (Å²) in [6, 6.07) is 20.5. The quantitative estimate of drug-likeness (QED) is 0.271. The van der Waals surface area contributed by atoms with Gasteiger partial charge in [-0.25, -0.2) is 9.37 Å². The number of fused-ring (bicyclic) bond motifs is 1. The Morgan fingerprint density at radius 2 is 1.71 bits per heavy atom. The molecule has 0 aliphatic carbocycles. The molecule has 182 valence electrons. The third kappa shape index (κ3) is 6.47. The van der Waals surface area contributed by atoms with Crippen LogP contribution in [-0.4, -0.2) is 28.6 Å². The first-order valence-electron chi connectivity index (χ1n) is 12.2. The average molecular weight is 474 g/mol. The van der Waals surface area contributed by atoms with Gasteiger partial charge in [-0.15, -0.1) is 0 Å². The van der Waals surface area contributed by atoms with Gasteiger partial charge in [-0.05, 0) is 80.6 Å². The van der Waals surface area contributed by atoms with Gasteiger partial charge in [0.25, 0.3) is 5.91 Å². The molecule has 0 spiro atoms. The Bertz CT molecular complexity index is 1280. The summed E-state index contributed by atoms with van der Waals surface area (Å²) in [5.74, 6) is 1.03. The van der Waals surface area contributed by atoms with Gasteiger partial charge in [-0.3, -0.25) is 4.79 Å². The fraction of sp³-hybridized carbons (Fsp3) is 0.310. The van der Waals surface area contributed by atoms with Crippen molar-refractivity contribution in [2.45, 2.75) is 46.1 Å². The molecular weight excluding hydrogens is 441 g/mol. The van der Waals surface area contributed by atoms with E-state index < -0.39 is 5.82 Å². The third-order valence-corrected chi connectivity index (χ3v) is 5.95. The van der Waals surface area contributed by atoms with E-state index in [1.54, 1.807) is 12.1 Å². The standard InChI is InChI=1S/C29H32FN3O2/c1-21-18-22(2)20-23(19-21)35-17-8-7-16-33-27-13-6-5-12-26(27)32-28(33)14-9-15-31-29(34)24-10-3-4-11-25(24)30/h3-6,10-13,18-20H,7-9,14-17H2,1-2H3,(H,31,34). The molecule has 3 aromatic carbocycles. The third-order valence-electron chi connectivity index (χ3n) is 5.95. The Hall–Kier alpha value is -3.67. The Labute approximate surface area is 206 Å². The van der Waals surface area contributed by atoms with Crippen molar-refractivity contribution in [1.82, 2.24) is 14.9 Å². The molecule has 1 N–H and O–H groups in total. The van der Waals surface area contributed by atoms with Crippen molar-refractivity contribution in [3.8, 4) is 5.75 Å². The highest BCUT2D eigenvalue weighted by Crippen LogP contribution is 2.19. The lowest BCUT2D eigenvalue weighted by molar-refractivity contribution is 0.0949. The Kier molecular flexibility index (Phi) is 8.14. The van der Waals surface area contributed by atoms with E-state index in [-0.39, 0.29) is 11.5 Å². The number of unbranched alkanes of at least 4 members (excludes halogenated alkanes) is 1. The number of ether oxygens (including phenoxy) is 1. The predicted octanol–water partition coefficient (Wildman–Crippen LogP) is 6.01. The number of aromatic nitrogens is 2. The number of hydrogen-bond donors (Lipinski definition) is 1. The summed E-state index contributed by atoms with van der Waals surface area (Å²) in [5, 5.41) is 2.81. The van der Waals surface area contributed by atoms with Crippen LogP contribution in [0.3, 0.4) is 0 Å². The molecule has 6 heteroatoms. The molecule has 1 amide bonds. The summed E-state index contributed by atoms with van der Waals surface area (Å²) in [6.45, 7) is 6.15. The monoisotopic (exact) mass is 473 g/mol. The first kappa shape index (κ1) is 24.5. The van der Waals surface area contributed by atoms with Crippen molar-refractivity contribution >= 4 is 16.9 Å². The maximum absolute atomic E-state index is 13.8. The molecule has 4 rings (SSSR count). The second-order valence-corrected chi connectivity index (χ2v) is 8.89. The number of carbonyl (C=O) groups excluding carboxylic acids is 1. The summed E-state index contributed by atoms with van der Waals surface area (Å²) in [5.41, 5.74) is 4.58. The first-order chi connectivity index (χ1) is 17.0. The molecule has 35 heavy (non-hydrogen) atoms. The minimum Gasteiger partial charge on any atom is -0.494 e. The Morgan fingerprint density at radius 3 is 2.51 bits per heavy atom. The smallest absolute Gasteiger partial charge is 0.254 e. The number of amides is 1. The molecule has 0 radical (unpaired) electrons. The number of imidazole rings is 1. The number of rotatable bonds is 11. The lowest BCUT2D eigenvalue weighted by Crippen LogP contribution is -2.25. The Morgan fingerprint density at radius 1 is 0.971 bits per heavy atom. The topological polar surface area (TPSA) is 56.1 Å². The number of halogens is 1. The molecule has 0 atom stereocenters. The number of para-hydroxylation sites is 2. The molecule has 0 saturated heterocycles. The van der Waals surface area contributed by atoms with E-state index >= 15 is 0 Å². The second kappa shape index (κ2) is 11.6. The average Bonchev–Trinajstić information content (AvgIpc) is 3.18. The minimum atomic E-state index is -0.506. The first-order valence-corrected chi connectivity index (χ1v) is 12.2. The molecule has 1 heterocycles. The van der Waals surface area contributed by atoms with Crippen LogP contribution in [0.1, 0.15) is 46.6 Å². The van der Waals surface area contributed by atoms with Crippen molar-refractivity contribution in [2.75, 3.05) is 13.2 Å². The van der Waals surface area contributed by atoms with Gasteiger partial charge in [-0.2, -0.15) is 0 Å². The van der Waals surface area contributed by atoms with Crippen LogP contribution in [-0.2, 0) is 13.0 Å². The molecule has 0 aliphatic heterocycles. The van der Waals surface area contributed by atoms with E-state index in [0.29, 0.717) is 13.2 Å². The zero-order chi connectivity index (χ0) is 24.6. The molecular formula is C29H32FN3O2. The van der Waals surface area contributed by atoms with Crippen molar-refractivity contribution in [3.63, 3.8) is 0 Å². The van der Waals surface area contributed by atoms with E-state index in [9.17, 15) is 9.18 Å². The number of nitrogens with zero attached hydrogens (tertiary/aromatic N) is 2. The minimum absolute atomic E-state index is 0.0720. The van der Waals surface area contributed by atoms with Crippen LogP contribution in [0.2, 0.25) is 0 Å². The lowest BCUT2D eigenvalue weighted by atomic mass is 10.1. The van der Waals surface area contributed by atoms with Crippen LogP contribution in [0.5, 0.6) is 5.75 Å². The van der Waals surface area contributed by atoms with E-state index in [1.165, 1.54) is 23.3 Å². The van der Waals surface area contributed by atoms with Gasteiger partial charge in [0.1, 0.15) is 17.4 Å². The van der Waals surface area contributed by atoms with E-state index in [0.717, 1.165) is 54.8 Å². The molecule has 5 nitrogen and oxygen atoms in total. The molecule has 0 unspecified atom stereocenters. The van der Waals surface area contributed by atoms with E-state index in [2.05, 4.69) is 48.0 Å². The molecule has 4 aromatic rings. The predicted molar refractivity (Wildman–Crippen MR) is 137 cm³/mol. The van der Waals surface area contributed by atoms with Gasteiger partial charge >= 0.3 is 0 Å². The molecule has 0 fully saturated rings. The SMILES string of the molecule is Cc1cc(C)cc(OCCCCn2c(CCCNC(=O)c3ccccc3F)nc3ccccc32)c1. The summed E-state index contributed by atoms with van der Waals surface area (Å²) in [4.78, 5) is 17.1. The molecule has 0 bridgehead atoms. The lowest BCUT2D eigenvalue weighted by Gasteiger charge is -2.11. The van der Waals surface area contributed by atoms with Crippen molar-refractivity contribution in [3.05, 3.63) is 95.1 Å². The summed E-state index contributed by atoms with van der Waals surface area (Å²) >= 11 is 0. The van der Waals surface area contributed by atoms with E-state index in [4.69, 9.17) is 9.72 Å². The number of hydrogen-bond acceptors (Lipinski definition) is 3. The highest BCUT2D eigenvalue weighted by molar-refractivity contribution is 5.94. The van der Waals surface area contributed by atoms with Gasteiger partial charge in [-0.1, -0.05) is 30.3 Å². The maximum atomic E-state index is 13.8. The van der Waals surface area contributed by atoms with Gasteiger partial charge < -0.3 is 14.6 Å². The number of aryl methyl sites for hydroxylation is 4. The summed E-state index contributed by atoms with van der Waals surface area (Å²) in [6.07, 6.45) is 3.37. The number of nitrogens with one attached hydrogen (secondary N) is 1. The molecule has 0 saturated carbocycles. The highest BCUT2D eigenvalue weighted by atomic mass is 19.1. The fourth-order valence-corrected chi connectivity index (χ4v) is 4.33. The largest absolute Gasteiger partial charge is 0.494 e. The van der Waals surface area contributed by atoms with Gasteiger partial charge in [0.15, 0.2) is 0 Å². The van der Waals surface area contributed by atoms with Gasteiger partial charge in [0, 0.05) is 19.5 Å². The summed E-state index contributed by atoms with van der Waals surface area (Å²) < 4.78 is 22.0. The van der Waals surface area contributed by atoms with Gasteiger partial charge in [0.2, 0.25) is 0 Å². The Balaban J connectivity index is 1.30. The number of benzene rings is 3. The molecule has 1 aromatic heterocycles. The number of carbonyl (C=O) groups is 1. The van der Waals surface area contributed by atoms with Crippen molar-refractivity contribution < 1.29 is 13.9 Å². The normalized spacial score (nSPS) is 11.1. The van der Waals surface area contributed by atoms with Crippen LogP contribution in [0.25, 0.3) is 11.0 Å². The zero-order valence-corrected chi connectivity index (χ0v) is 20.4. The van der Waals surface area contributed by atoms with Crippen LogP contribution in [0.4, 0.5) is 4.39 Å². The van der Waals surface area contributed by atoms with Crippen LogP contribution >= 0.6 is 0 Å². The van der Waals surface area contributed by atoms with Crippen molar-refractivity contribution in [1.29, 1.82) is 0 Å². The molecule has 0 aliphatic rings.